The summed E-state index contributed by atoms with van der Waals surface area (Å²) in [6, 6.07) is 3.11. The number of ether oxygens (including phenoxy) is 1. The largest absolute Gasteiger partial charge is 0.474 e. The molecule has 1 saturated heterocycles. The minimum Gasteiger partial charge on any atom is -0.474 e. The van der Waals surface area contributed by atoms with Crippen molar-refractivity contribution in [3.05, 3.63) is 35.9 Å². The monoisotopic (exact) mass is 496 g/mol. The van der Waals surface area contributed by atoms with Crippen molar-refractivity contribution in [2.45, 2.75) is 27.2 Å². The summed E-state index contributed by atoms with van der Waals surface area (Å²) < 4.78 is 20.5. The second kappa shape index (κ2) is 9.48. The van der Waals surface area contributed by atoms with Crippen molar-refractivity contribution in [3.8, 4) is 17.0 Å². The van der Waals surface area contributed by atoms with Crippen molar-refractivity contribution in [1.82, 2.24) is 14.9 Å². The Kier molecular flexibility index (Phi) is 6.57. The Morgan fingerprint density at radius 2 is 2.03 bits per heavy atom. The first-order chi connectivity index (χ1) is 17.0. The molecule has 0 aliphatic carbocycles. The van der Waals surface area contributed by atoms with Crippen molar-refractivity contribution in [2.75, 3.05) is 43.1 Å². The minimum atomic E-state index is -1.24. The molecule has 2 amide bonds. The smallest absolute Gasteiger partial charge is 0.410 e. The van der Waals surface area contributed by atoms with Crippen LogP contribution < -0.4 is 21.1 Å². The standard InChI is InChI=1S/C18H16FN5O3.C7H13NO/c1-8-11(6-23-17-16(8)21-2-3-27-17)10-4-9-5-13(24-18(25)26)22-7-12(9)15(20)14(10)19;1-7(2)4-5-8(3)6(7)9/h4-7,21H,2-3,20H2,1H3,(H,22,24)(H,25,26);4-5H2,1-3H3. The molecule has 3 aromatic rings. The molecular weight excluding hydrogens is 467 g/mol. The number of carbonyl (C=O) groups is 2. The Labute approximate surface area is 207 Å². The fraction of sp³-hybridized carbons (Fsp3) is 0.360. The molecule has 36 heavy (non-hydrogen) atoms. The summed E-state index contributed by atoms with van der Waals surface area (Å²) >= 11 is 0. The predicted octanol–water partition coefficient (Wildman–Crippen LogP) is 4.10. The van der Waals surface area contributed by atoms with Crippen molar-refractivity contribution < 1.29 is 23.8 Å². The van der Waals surface area contributed by atoms with E-state index in [-0.39, 0.29) is 28.4 Å². The summed E-state index contributed by atoms with van der Waals surface area (Å²) in [6.45, 7) is 7.92. The van der Waals surface area contributed by atoms with Crippen LogP contribution in [0.25, 0.3) is 21.9 Å². The molecule has 10 nitrogen and oxygen atoms in total. The van der Waals surface area contributed by atoms with Crippen LogP contribution in [0, 0.1) is 18.2 Å². The number of carboxylic acid groups (broad SMARTS) is 1. The number of nitrogens with one attached hydrogen (secondary N) is 2. The number of rotatable bonds is 2. The highest BCUT2D eigenvalue weighted by Gasteiger charge is 2.36. The summed E-state index contributed by atoms with van der Waals surface area (Å²) in [4.78, 5) is 32.0. The highest BCUT2D eigenvalue weighted by atomic mass is 19.1. The number of nitrogens with two attached hydrogens (primary N) is 1. The second-order valence-corrected chi connectivity index (χ2v) is 9.49. The number of likely N-dealkylation sites (tertiary alicyclic amines) is 1. The molecule has 0 bridgehead atoms. The third-order valence-electron chi connectivity index (χ3n) is 6.47. The van der Waals surface area contributed by atoms with Gasteiger partial charge in [-0.05, 0) is 36.4 Å². The number of hydrogen-bond donors (Lipinski definition) is 4. The predicted molar refractivity (Wildman–Crippen MR) is 136 cm³/mol. The van der Waals surface area contributed by atoms with Gasteiger partial charge in [0.2, 0.25) is 11.8 Å². The molecule has 0 radical (unpaired) electrons. The van der Waals surface area contributed by atoms with Crippen LogP contribution in [-0.2, 0) is 4.79 Å². The van der Waals surface area contributed by atoms with Crippen LogP contribution >= 0.6 is 0 Å². The Morgan fingerprint density at radius 1 is 1.28 bits per heavy atom. The number of aromatic nitrogens is 2. The van der Waals surface area contributed by atoms with E-state index in [2.05, 4.69) is 20.6 Å². The first-order valence-electron chi connectivity index (χ1n) is 11.5. The van der Waals surface area contributed by atoms with Gasteiger partial charge in [0.1, 0.15) is 18.1 Å². The maximum absolute atomic E-state index is 15.0. The molecule has 0 atom stereocenters. The molecule has 2 aliphatic rings. The van der Waals surface area contributed by atoms with Crippen LogP contribution in [0.15, 0.2) is 24.5 Å². The molecule has 2 aliphatic heterocycles. The van der Waals surface area contributed by atoms with Crippen LogP contribution in [0.2, 0.25) is 0 Å². The van der Waals surface area contributed by atoms with Crippen LogP contribution in [0.3, 0.4) is 0 Å². The van der Waals surface area contributed by atoms with Crippen molar-refractivity contribution in [3.63, 3.8) is 0 Å². The van der Waals surface area contributed by atoms with Gasteiger partial charge >= 0.3 is 6.09 Å². The number of amides is 2. The molecule has 4 heterocycles. The maximum Gasteiger partial charge on any atom is 0.410 e. The summed E-state index contributed by atoms with van der Waals surface area (Å²) in [5, 5.41) is 15.2. The molecule has 11 heteroatoms. The number of nitrogen functional groups attached to an aromatic ring is 1. The average Bonchev–Trinajstić information content (AvgIpc) is 3.08. The minimum absolute atomic E-state index is 0.0572. The van der Waals surface area contributed by atoms with Crippen molar-refractivity contribution in [2.24, 2.45) is 5.41 Å². The third-order valence-corrected chi connectivity index (χ3v) is 6.47. The first-order valence-corrected chi connectivity index (χ1v) is 11.5. The van der Waals surface area contributed by atoms with Gasteiger partial charge in [-0.3, -0.25) is 10.1 Å². The van der Waals surface area contributed by atoms with E-state index in [1.807, 2.05) is 27.8 Å². The number of anilines is 3. The van der Waals surface area contributed by atoms with E-state index < -0.39 is 11.9 Å². The maximum atomic E-state index is 15.0. The number of pyridine rings is 2. The third kappa shape index (κ3) is 4.68. The fourth-order valence-corrected chi connectivity index (χ4v) is 4.34. The van der Waals surface area contributed by atoms with E-state index in [1.54, 1.807) is 17.2 Å². The van der Waals surface area contributed by atoms with Crippen LogP contribution in [-0.4, -0.2) is 58.7 Å². The summed E-state index contributed by atoms with van der Waals surface area (Å²) in [6.07, 6.45) is 2.65. The van der Waals surface area contributed by atoms with E-state index in [1.165, 1.54) is 12.3 Å². The summed E-state index contributed by atoms with van der Waals surface area (Å²) in [7, 11) is 1.86. The Hall–Kier alpha value is -4.15. The lowest BCUT2D eigenvalue weighted by molar-refractivity contribution is -0.133. The van der Waals surface area contributed by atoms with E-state index >= 15 is 0 Å². The van der Waals surface area contributed by atoms with Gasteiger partial charge in [-0.1, -0.05) is 13.8 Å². The van der Waals surface area contributed by atoms with E-state index in [0.29, 0.717) is 35.4 Å². The first kappa shape index (κ1) is 25.0. The SMILES string of the molecule is CN1CCC(C)(C)C1=O.Cc1c(-c2cc3cc(NC(=O)O)ncc3c(N)c2F)cnc2c1NCCO2. The van der Waals surface area contributed by atoms with Gasteiger partial charge in [0.05, 0.1) is 5.69 Å². The van der Waals surface area contributed by atoms with Crippen molar-refractivity contribution >= 4 is 40.0 Å². The van der Waals surface area contributed by atoms with Gasteiger partial charge in [0.15, 0.2) is 5.82 Å². The summed E-state index contributed by atoms with van der Waals surface area (Å²) in [5.41, 5.74) is 8.19. The van der Waals surface area contributed by atoms with Gasteiger partial charge in [-0.2, -0.15) is 0 Å². The Balaban J connectivity index is 0.000000286. The molecule has 5 rings (SSSR count). The van der Waals surface area contributed by atoms with E-state index in [9.17, 15) is 14.0 Å². The second-order valence-electron chi connectivity index (χ2n) is 9.49. The number of benzene rings is 1. The van der Waals surface area contributed by atoms with Crippen molar-refractivity contribution in [1.29, 1.82) is 0 Å². The Morgan fingerprint density at radius 3 is 2.64 bits per heavy atom. The molecule has 190 valence electrons. The van der Waals surface area contributed by atoms with Gasteiger partial charge < -0.3 is 25.8 Å². The number of nitrogens with zero attached hydrogens (tertiary/aromatic N) is 3. The van der Waals surface area contributed by atoms with E-state index in [0.717, 1.165) is 24.2 Å². The highest BCUT2D eigenvalue weighted by Crippen LogP contribution is 2.39. The zero-order valence-electron chi connectivity index (χ0n) is 20.6. The number of halogens is 1. The quantitative estimate of drug-likeness (QED) is 0.389. The normalized spacial score (nSPS) is 15.9. The lowest BCUT2D eigenvalue weighted by atomic mass is 9.92. The van der Waals surface area contributed by atoms with Gasteiger partial charge in [0, 0.05) is 54.5 Å². The molecule has 5 N–H and O–H groups in total. The average molecular weight is 497 g/mol. The molecule has 0 unspecified atom stereocenters. The van der Waals surface area contributed by atoms with E-state index in [4.69, 9.17) is 15.6 Å². The topological polar surface area (TPSA) is 143 Å². The number of fused-ring (bicyclic) bond motifs is 2. The van der Waals surface area contributed by atoms with Crippen LogP contribution in [0.4, 0.5) is 26.4 Å². The molecular formula is C25H29FN6O4. The lowest BCUT2D eigenvalue weighted by Gasteiger charge is -2.22. The van der Waals surface area contributed by atoms with Gasteiger partial charge in [-0.25, -0.2) is 19.2 Å². The molecule has 2 aromatic heterocycles. The molecule has 1 fully saturated rings. The zero-order valence-corrected chi connectivity index (χ0v) is 20.6. The van der Waals surface area contributed by atoms with Gasteiger partial charge in [-0.15, -0.1) is 0 Å². The van der Waals surface area contributed by atoms with Crippen LogP contribution in [0.5, 0.6) is 5.88 Å². The Bertz CT molecular complexity index is 1360. The number of hydrogen-bond acceptors (Lipinski definition) is 7. The van der Waals surface area contributed by atoms with Crippen LogP contribution in [0.1, 0.15) is 25.8 Å². The molecule has 0 saturated carbocycles. The fourth-order valence-electron chi connectivity index (χ4n) is 4.34. The summed E-state index contributed by atoms with van der Waals surface area (Å²) in [5.74, 6) is 0.309. The highest BCUT2D eigenvalue weighted by molar-refractivity contribution is 5.99. The van der Waals surface area contributed by atoms with Gasteiger partial charge in [0.25, 0.3) is 0 Å². The molecule has 1 aromatic carbocycles. The lowest BCUT2D eigenvalue weighted by Crippen LogP contribution is -2.27. The number of carbonyl (C=O) groups excluding carboxylic acids is 1. The zero-order chi connectivity index (χ0) is 26.2. The molecule has 0 spiro atoms.